The Morgan fingerprint density at radius 3 is 2.24 bits per heavy atom. The van der Waals surface area contributed by atoms with Gasteiger partial charge in [-0.15, -0.1) is 0 Å². The van der Waals surface area contributed by atoms with Gasteiger partial charge in [0, 0.05) is 17.2 Å². The van der Waals surface area contributed by atoms with Crippen molar-refractivity contribution in [1.29, 1.82) is 0 Å². The number of hydrogen-bond acceptors (Lipinski definition) is 3. The van der Waals surface area contributed by atoms with Gasteiger partial charge in [-0.3, -0.25) is 0 Å². The third-order valence-corrected chi connectivity index (χ3v) is 3.42. The minimum atomic E-state index is -0.930. The summed E-state index contributed by atoms with van der Waals surface area (Å²) in [5, 5.41) is 0. The van der Waals surface area contributed by atoms with Gasteiger partial charge in [0.15, 0.2) is 11.6 Å². The molecule has 2 aromatic rings. The quantitative estimate of drug-likeness (QED) is 0.940. The van der Waals surface area contributed by atoms with E-state index in [1.807, 2.05) is 0 Å². The summed E-state index contributed by atoms with van der Waals surface area (Å²) in [6.07, 6.45) is 0. The number of aryl methyl sites for hydroxylation is 1. The third kappa shape index (κ3) is 2.83. The standard InChI is InChI=1S/C16H17F2NO2/c1-9-4-6-12(15(18)14(9)17)16(19)11-7-5-10(20-2)8-13(11)21-3/h4-8,16H,19H2,1-3H3. The minimum Gasteiger partial charge on any atom is -0.497 e. The molecule has 0 saturated heterocycles. The van der Waals surface area contributed by atoms with Crippen LogP contribution in [-0.2, 0) is 0 Å². The number of rotatable bonds is 4. The van der Waals surface area contributed by atoms with E-state index in [2.05, 4.69) is 0 Å². The first-order chi connectivity index (χ1) is 9.99. The summed E-state index contributed by atoms with van der Waals surface area (Å²) < 4.78 is 38.1. The van der Waals surface area contributed by atoms with E-state index in [1.165, 1.54) is 33.3 Å². The smallest absolute Gasteiger partial charge is 0.164 e. The van der Waals surface area contributed by atoms with Crippen molar-refractivity contribution in [3.63, 3.8) is 0 Å². The van der Waals surface area contributed by atoms with Gasteiger partial charge in [0.25, 0.3) is 0 Å². The molecule has 21 heavy (non-hydrogen) atoms. The molecule has 2 N–H and O–H groups in total. The van der Waals surface area contributed by atoms with E-state index >= 15 is 0 Å². The highest BCUT2D eigenvalue weighted by molar-refractivity contribution is 5.46. The maximum Gasteiger partial charge on any atom is 0.164 e. The molecule has 0 aliphatic heterocycles. The second-order valence-corrected chi connectivity index (χ2v) is 4.69. The Labute approximate surface area is 122 Å². The average Bonchev–Trinajstić information content (AvgIpc) is 2.51. The minimum absolute atomic E-state index is 0.0848. The Morgan fingerprint density at radius 2 is 1.62 bits per heavy atom. The molecule has 5 heteroatoms. The molecule has 0 aliphatic carbocycles. The summed E-state index contributed by atoms with van der Waals surface area (Å²) in [6.45, 7) is 1.50. The van der Waals surface area contributed by atoms with E-state index in [0.29, 0.717) is 17.1 Å². The fraction of sp³-hybridized carbons (Fsp3) is 0.250. The van der Waals surface area contributed by atoms with Crippen molar-refractivity contribution in [2.75, 3.05) is 14.2 Å². The van der Waals surface area contributed by atoms with Gasteiger partial charge < -0.3 is 15.2 Å². The van der Waals surface area contributed by atoms with Gasteiger partial charge in [0.2, 0.25) is 0 Å². The molecule has 0 heterocycles. The highest BCUT2D eigenvalue weighted by atomic mass is 19.2. The fourth-order valence-electron chi connectivity index (χ4n) is 2.14. The number of nitrogens with two attached hydrogens (primary N) is 1. The summed E-state index contributed by atoms with van der Waals surface area (Å²) in [6, 6.07) is 7.18. The molecule has 0 bridgehead atoms. The first-order valence-corrected chi connectivity index (χ1v) is 6.41. The third-order valence-electron chi connectivity index (χ3n) is 3.42. The van der Waals surface area contributed by atoms with Crippen LogP contribution in [0.5, 0.6) is 11.5 Å². The summed E-state index contributed by atoms with van der Waals surface area (Å²) in [5.74, 6) is -0.753. The molecule has 3 nitrogen and oxygen atoms in total. The monoisotopic (exact) mass is 293 g/mol. The largest absolute Gasteiger partial charge is 0.497 e. The SMILES string of the molecule is COc1ccc(C(N)c2ccc(C)c(F)c2F)c(OC)c1. The number of hydrogen-bond donors (Lipinski definition) is 1. The fourth-order valence-corrected chi connectivity index (χ4v) is 2.14. The lowest BCUT2D eigenvalue weighted by molar-refractivity contribution is 0.389. The Bertz CT molecular complexity index is 659. The number of halogens is 2. The van der Waals surface area contributed by atoms with Gasteiger partial charge in [-0.25, -0.2) is 8.78 Å². The second-order valence-electron chi connectivity index (χ2n) is 4.69. The molecule has 1 unspecified atom stereocenters. The van der Waals surface area contributed by atoms with Gasteiger partial charge in [-0.05, 0) is 24.6 Å². The number of methoxy groups -OCH3 is 2. The van der Waals surface area contributed by atoms with Crippen molar-refractivity contribution in [3.05, 3.63) is 58.7 Å². The maximum absolute atomic E-state index is 14.1. The highest BCUT2D eigenvalue weighted by Gasteiger charge is 2.21. The van der Waals surface area contributed by atoms with Crippen molar-refractivity contribution >= 4 is 0 Å². The van der Waals surface area contributed by atoms with Crippen LogP contribution < -0.4 is 15.2 Å². The molecule has 0 radical (unpaired) electrons. The molecule has 0 spiro atoms. The first-order valence-electron chi connectivity index (χ1n) is 6.41. The van der Waals surface area contributed by atoms with Crippen LogP contribution in [0.3, 0.4) is 0 Å². The van der Waals surface area contributed by atoms with E-state index in [4.69, 9.17) is 15.2 Å². The Hall–Kier alpha value is -2.14. The zero-order valence-corrected chi connectivity index (χ0v) is 12.1. The van der Waals surface area contributed by atoms with Crippen molar-refractivity contribution in [1.82, 2.24) is 0 Å². The molecule has 2 aromatic carbocycles. The highest BCUT2D eigenvalue weighted by Crippen LogP contribution is 2.33. The van der Waals surface area contributed by atoms with Gasteiger partial charge >= 0.3 is 0 Å². The van der Waals surface area contributed by atoms with E-state index in [1.54, 1.807) is 18.2 Å². The summed E-state index contributed by atoms with van der Waals surface area (Å²) in [5.41, 5.74) is 6.96. The Morgan fingerprint density at radius 1 is 0.952 bits per heavy atom. The van der Waals surface area contributed by atoms with E-state index in [0.717, 1.165) is 0 Å². The van der Waals surface area contributed by atoms with Crippen LogP contribution in [0.15, 0.2) is 30.3 Å². The molecule has 2 rings (SSSR count). The van der Waals surface area contributed by atoms with Crippen LogP contribution in [0.1, 0.15) is 22.7 Å². The van der Waals surface area contributed by atoms with Crippen LogP contribution >= 0.6 is 0 Å². The Kier molecular flexibility index (Phi) is 4.43. The van der Waals surface area contributed by atoms with E-state index < -0.39 is 17.7 Å². The molecule has 1 atom stereocenters. The molecular weight excluding hydrogens is 276 g/mol. The maximum atomic E-state index is 14.1. The van der Waals surface area contributed by atoms with Crippen LogP contribution in [0.4, 0.5) is 8.78 Å². The molecule has 112 valence electrons. The van der Waals surface area contributed by atoms with Crippen molar-refractivity contribution < 1.29 is 18.3 Å². The van der Waals surface area contributed by atoms with Crippen LogP contribution in [0.25, 0.3) is 0 Å². The molecule has 0 amide bonds. The topological polar surface area (TPSA) is 44.5 Å². The predicted molar refractivity (Wildman–Crippen MR) is 76.7 cm³/mol. The zero-order valence-electron chi connectivity index (χ0n) is 12.1. The van der Waals surface area contributed by atoms with E-state index in [-0.39, 0.29) is 11.1 Å². The normalized spacial score (nSPS) is 12.1. The zero-order chi connectivity index (χ0) is 15.6. The van der Waals surface area contributed by atoms with Crippen LogP contribution in [-0.4, -0.2) is 14.2 Å². The second kappa shape index (κ2) is 6.10. The first kappa shape index (κ1) is 15.3. The summed E-state index contributed by atoms with van der Waals surface area (Å²) in [7, 11) is 3.01. The van der Waals surface area contributed by atoms with Crippen LogP contribution in [0.2, 0.25) is 0 Å². The van der Waals surface area contributed by atoms with Gasteiger partial charge in [-0.2, -0.15) is 0 Å². The molecule has 0 saturated carbocycles. The van der Waals surface area contributed by atoms with Gasteiger partial charge in [0.05, 0.1) is 20.3 Å². The summed E-state index contributed by atoms with van der Waals surface area (Å²) >= 11 is 0. The number of benzene rings is 2. The predicted octanol–water partition coefficient (Wildman–Crippen LogP) is 3.34. The van der Waals surface area contributed by atoms with Crippen LogP contribution in [0, 0.1) is 18.6 Å². The Balaban J connectivity index is 2.49. The number of ether oxygens (including phenoxy) is 2. The van der Waals surface area contributed by atoms with Crippen molar-refractivity contribution in [3.8, 4) is 11.5 Å². The lowest BCUT2D eigenvalue weighted by atomic mass is 9.97. The van der Waals surface area contributed by atoms with E-state index in [9.17, 15) is 8.78 Å². The summed E-state index contributed by atoms with van der Waals surface area (Å²) in [4.78, 5) is 0. The van der Waals surface area contributed by atoms with Crippen molar-refractivity contribution in [2.24, 2.45) is 5.73 Å². The molecule has 0 aromatic heterocycles. The molecular formula is C16H17F2NO2. The average molecular weight is 293 g/mol. The van der Waals surface area contributed by atoms with Crippen molar-refractivity contribution in [2.45, 2.75) is 13.0 Å². The lowest BCUT2D eigenvalue weighted by Crippen LogP contribution is -2.16. The lowest BCUT2D eigenvalue weighted by Gasteiger charge is -2.18. The van der Waals surface area contributed by atoms with Gasteiger partial charge in [0.1, 0.15) is 11.5 Å². The molecule has 0 fully saturated rings. The van der Waals surface area contributed by atoms with Gasteiger partial charge in [-0.1, -0.05) is 12.1 Å². The molecule has 0 aliphatic rings.